The van der Waals surface area contributed by atoms with Gasteiger partial charge >= 0.3 is 17.1 Å². The molecule has 0 aromatic heterocycles. The maximum absolute atomic E-state index is 10.4. The number of nitrogens with zero attached hydrogens (tertiary/aromatic N) is 4. The van der Waals surface area contributed by atoms with Crippen molar-refractivity contribution in [1.29, 1.82) is 0 Å². The van der Waals surface area contributed by atoms with Crippen molar-refractivity contribution in [3.05, 3.63) is 48.5 Å². The van der Waals surface area contributed by atoms with E-state index in [9.17, 15) is 30.3 Å². The Bertz CT molecular complexity index is 432. The Labute approximate surface area is 97.3 Å². The number of nitro benzene ring substituents is 3. The van der Waals surface area contributed by atoms with Gasteiger partial charge in [-0.2, -0.15) is 0 Å². The van der Waals surface area contributed by atoms with E-state index in [1.807, 2.05) is 0 Å². The summed E-state index contributed by atoms with van der Waals surface area (Å²) in [6, 6.07) is 2.69. The van der Waals surface area contributed by atoms with E-state index in [4.69, 9.17) is 0 Å². The Morgan fingerprint density at radius 1 is 0.824 bits per heavy atom. The maximum atomic E-state index is 10.4. The molecule has 0 amide bonds. The van der Waals surface area contributed by atoms with Crippen LogP contribution in [0.25, 0.3) is 0 Å². The molecular formula is C6H3N4O6P. The van der Waals surface area contributed by atoms with Crippen LogP contribution in [0.1, 0.15) is 0 Å². The fourth-order valence-electron chi connectivity index (χ4n) is 1.00. The third-order valence-electron chi connectivity index (χ3n) is 1.57. The van der Waals surface area contributed by atoms with Crippen molar-refractivity contribution in [3.63, 3.8) is 0 Å². The molecule has 1 aromatic carbocycles. The number of hydrogen-bond donors (Lipinski definition) is 0. The van der Waals surface area contributed by atoms with Gasteiger partial charge in [-0.25, -0.2) is 0 Å². The summed E-state index contributed by atoms with van der Waals surface area (Å²) in [6.45, 7) is 0. The Hall–Kier alpha value is -2.19. The summed E-state index contributed by atoms with van der Waals surface area (Å²) < 4.78 is 0. The van der Waals surface area contributed by atoms with E-state index in [0.29, 0.717) is 0 Å². The van der Waals surface area contributed by atoms with Crippen molar-refractivity contribution in [2.75, 3.05) is 0 Å². The van der Waals surface area contributed by atoms with Gasteiger partial charge in [-0.3, -0.25) is 30.3 Å². The molecule has 10 nitrogen and oxygen atoms in total. The maximum Gasteiger partial charge on any atom is 0.422 e. The fourth-order valence-corrected chi connectivity index (χ4v) is 1.00. The van der Waals surface area contributed by atoms with Crippen molar-refractivity contribution in [3.8, 4) is 0 Å². The monoisotopic (exact) mass is 258 g/mol. The molecule has 17 heavy (non-hydrogen) atoms. The van der Waals surface area contributed by atoms with E-state index in [0.717, 1.165) is 18.2 Å². The minimum Gasteiger partial charge on any atom is -0.258 e. The lowest BCUT2D eigenvalue weighted by Crippen LogP contribution is -2.00. The molecule has 6 radical (unpaired) electrons. The molecule has 0 aliphatic heterocycles. The van der Waals surface area contributed by atoms with Gasteiger partial charge in [-0.15, -0.1) is 0 Å². The van der Waals surface area contributed by atoms with Crippen molar-refractivity contribution in [2.24, 2.45) is 0 Å². The van der Waals surface area contributed by atoms with Crippen LogP contribution in [-0.4, -0.2) is 14.8 Å². The number of para-hydroxylation sites is 1. The average molecular weight is 258 g/mol. The van der Waals surface area contributed by atoms with Crippen LogP contribution in [0.3, 0.4) is 0 Å². The predicted octanol–water partition coefficient (Wildman–Crippen LogP) is 1.79. The first-order valence-electron chi connectivity index (χ1n) is 3.51. The number of hydrogen-bond acceptors (Lipinski definition) is 6. The summed E-state index contributed by atoms with van der Waals surface area (Å²) in [5.74, 6) is 0. The second-order valence-corrected chi connectivity index (χ2v) is 2.42. The molecule has 1 aromatic rings. The molecule has 88 valence electrons. The highest BCUT2D eigenvalue weighted by Gasteiger charge is 2.34. The van der Waals surface area contributed by atoms with Gasteiger partial charge in [0.05, 0.1) is 14.8 Å². The lowest BCUT2D eigenvalue weighted by molar-refractivity contribution is -0.441. The van der Waals surface area contributed by atoms with Crippen molar-refractivity contribution < 1.29 is 14.8 Å². The zero-order valence-corrected chi connectivity index (χ0v) is 8.81. The second-order valence-electron chi connectivity index (χ2n) is 2.42. The van der Waals surface area contributed by atoms with Crippen LogP contribution in [0.15, 0.2) is 18.2 Å². The van der Waals surface area contributed by atoms with Gasteiger partial charge in [-0.05, 0) is 6.07 Å². The van der Waals surface area contributed by atoms with E-state index in [-0.39, 0.29) is 16.0 Å². The highest BCUT2D eigenvalue weighted by Crippen LogP contribution is 2.35. The molecule has 0 saturated heterocycles. The Morgan fingerprint density at radius 2 is 1.18 bits per heavy atom. The van der Waals surface area contributed by atoms with Gasteiger partial charge in [0.25, 0.3) is 0 Å². The minimum absolute atomic E-state index is 0. The molecule has 0 fully saturated rings. The summed E-state index contributed by atoms with van der Waals surface area (Å²) in [7, 11) is 0. The van der Waals surface area contributed by atoms with Crippen molar-refractivity contribution in [2.45, 2.75) is 0 Å². The predicted molar refractivity (Wildman–Crippen MR) is 55.5 cm³/mol. The Kier molecular flexibility index (Phi) is 6.48. The van der Waals surface area contributed by atoms with Crippen molar-refractivity contribution >= 4 is 27.0 Å². The van der Waals surface area contributed by atoms with E-state index in [1.54, 1.807) is 0 Å². The Balaban J connectivity index is 0. The highest BCUT2D eigenvalue weighted by molar-refractivity contribution is 6.92. The molecule has 0 heterocycles. The molecule has 0 spiro atoms. The standard InChI is InChI=1S/C6H3N3O6.N.P/c10-7(11)4-2-1-3-5(8(12)13)6(4)9(14)15;;/h1-3H;;. The van der Waals surface area contributed by atoms with Gasteiger partial charge in [0.2, 0.25) is 0 Å². The summed E-state index contributed by atoms with van der Waals surface area (Å²) in [6.07, 6.45) is 0. The van der Waals surface area contributed by atoms with E-state index in [2.05, 4.69) is 0 Å². The molecule has 11 heteroatoms. The molecule has 0 N–H and O–H groups in total. The number of nitro groups is 3. The van der Waals surface area contributed by atoms with E-state index in [1.165, 1.54) is 0 Å². The van der Waals surface area contributed by atoms with Crippen LogP contribution in [0.2, 0.25) is 0 Å². The van der Waals surface area contributed by atoms with Crippen LogP contribution in [0.4, 0.5) is 17.1 Å². The molecule has 0 bridgehead atoms. The van der Waals surface area contributed by atoms with Crippen LogP contribution in [-0.2, 0) is 0 Å². The van der Waals surface area contributed by atoms with Gasteiger partial charge < -0.3 is 0 Å². The van der Waals surface area contributed by atoms with Crippen LogP contribution < -0.4 is 6.15 Å². The van der Waals surface area contributed by atoms with Gasteiger partial charge in [0.15, 0.2) is 0 Å². The third-order valence-corrected chi connectivity index (χ3v) is 1.57. The second kappa shape index (κ2) is 6.40. The zero-order chi connectivity index (χ0) is 11.6. The summed E-state index contributed by atoms with van der Waals surface area (Å²) >= 11 is 0. The first kappa shape index (κ1) is 17.2. The smallest absolute Gasteiger partial charge is 0.258 e. The normalized spacial score (nSPS) is 8.47. The first-order chi connectivity index (χ1) is 6.95. The number of benzene rings is 1. The van der Waals surface area contributed by atoms with Gasteiger partial charge in [0.1, 0.15) is 0 Å². The summed E-state index contributed by atoms with van der Waals surface area (Å²) in [4.78, 5) is 28.0. The molecule has 0 aliphatic carbocycles. The third kappa shape index (κ3) is 3.40. The van der Waals surface area contributed by atoms with Gasteiger partial charge in [0, 0.05) is 28.2 Å². The minimum atomic E-state index is -1.14. The topological polar surface area (TPSA) is 160 Å². The van der Waals surface area contributed by atoms with E-state index < -0.39 is 31.8 Å². The lowest BCUT2D eigenvalue weighted by Gasteiger charge is -1.95. The molecule has 1 rings (SSSR count). The molecule has 0 aliphatic rings. The Morgan fingerprint density at radius 3 is 1.41 bits per heavy atom. The molecule has 0 unspecified atom stereocenters. The van der Waals surface area contributed by atoms with Crippen LogP contribution in [0, 0.1) is 30.3 Å². The first-order valence-corrected chi connectivity index (χ1v) is 3.51. The summed E-state index contributed by atoms with van der Waals surface area (Å²) in [5, 5.41) is 31.2. The molecular weight excluding hydrogens is 255 g/mol. The zero-order valence-electron chi connectivity index (χ0n) is 7.92. The highest BCUT2D eigenvalue weighted by atomic mass is 31.0. The largest absolute Gasteiger partial charge is 0.422 e. The molecule has 0 atom stereocenters. The molecule has 0 saturated carbocycles. The SMILES string of the molecule is O=[N+]([O-])c1cccc([N+](=O)[O-])c1[N+](=O)[O-].[N].[P]. The van der Waals surface area contributed by atoms with Crippen LogP contribution >= 0.6 is 9.90 Å². The fraction of sp³-hybridized carbons (Fsp3) is 0. The quantitative estimate of drug-likeness (QED) is 0.456. The summed E-state index contributed by atoms with van der Waals surface area (Å²) in [5.41, 5.74) is -2.89. The number of rotatable bonds is 3. The average Bonchev–Trinajstić information content (AvgIpc) is 2.16. The van der Waals surface area contributed by atoms with Crippen molar-refractivity contribution in [1.82, 2.24) is 6.15 Å². The van der Waals surface area contributed by atoms with E-state index >= 15 is 0 Å². The van der Waals surface area contributed by atoms with Gasteiger partial charge in [-0.1, -0.05) is 0 Å². The lowest BCUT2D eigenvalue weighted by atomic mass is 10.2. The van der Waals surface area contributed by atoms with Crippen LogP contribution in [0.5, 0.6) is 0 Å².